The van der Waals surface area contributed by atoms with Crippen molar-refractivity contribution in [1.29, 1.82) is 0 Å². The molecule has 1 aliphatic carbocycles. The molecular formula is C32H30N4O3S. The molecule has 0 spiro atoms. The van der Waals surface area contributed by atoms with Crippen molar-refractivity contribution in [3.63, 3.8) is 0 Å². The van der Waals surface area contributed by atoms with Gasteiger partial charge in [0.1, 0.15) is 5.69 Å². The van der Waals surface area contributed by atoms with Gasteiger partial charge in [-0.3, -0.25) is 9.59 Å². The molecule has 2 fully saturated rings. The molecule has 0 unspecified atom stereocenters. The first-order valence-corrected chi connectivity index (χ1v) is 14.7. The van der Waals surface area contributed by atoms with Crippen LogP contribution in [-0.4, -0.2) is 55.7 Å². The number of benzene rings is 2. The van der Waals surface area contributed by atoms with Crippen LogP contribution in [0.5, 0.6) is 0 Å². The van der Waals surface area contributed by atoms with Gasteiger partial charge in [0, 0.05) is 47.4 Å². The van der Waals surface area contributed by atoms with Gasteiger partial charge in [-0.1, -0.05) is 36.4 Å². The van der Waals surface area contributed by atoms with Crippen LogP contribution in [0.1, 0.15) is 38.6 Å². The average molecular weight is 551 g/mol. The maximum Gasteiger partial charge on any atom is 0.276 e. The van der Waals surface area contributed by atoms with E-state index in [4.69, 9.17) is 9.72 Å². The molecule has 7 rings (SSSR count). The summed E-state index contributed by atoms with van der Waals surface area (Å²) in [5, 5.41) is 3.10. The zero-order valence-electron chi connectivity index (χ0n) is 22.1. The SMILES string of the molecule is O=C(NC1CC1)c1cc2c(s1)-c1ccccc1N(C(=O)c1cccc(-c3ccc(N4CCOCC4)cc3)n1)CC2. The number of rotatable bonds is 5. The molecule has 7 nitrogen and oxygen atoms in total. The lowest BCUT2D eigenvalue weighted by atomic mass is 10.1. The van der Waals surface area contributed by atoms with E-state index in [9.17, 15) is 9.59 Å². The Kier molecular flexibility index (Phi) is 6.57. The largest absolute Gasteiger partial charge is 0.378 e. The van der Waals surface area contributed by atoms with E-state index in [0.29, 0.717) is 24.7 Å². The lowest BCUT2D eigenvalue weighted by molar-refractivity contribution is 0.0952. The zero-order chi connectivity index (χ0) is 27.1. The fourth-order valence-corrected chi connectivity index (χ4v) is 6.57. The Morgan fingerprint density at radius 1 is 0.925 bits per heavy atom. The van der Waals surface area contributed by atoms with Crippen LogP contribution in [-0.2, 0) is 11.2 Å². The molecule has 2 aliphatic heterocycles. The van der Waals surface area contributed by atoms with Gasteiger partial charge in [-0.05, 0) is 61.2 Å². The zero-order valence-corrected chi connectivity index (χ0v) is 23.0. The van der Waals surface area contributed by atoms with Crippen molar-refractivity contribution < 1.29 is 14.3 Å². The van der Waals surface area contributed by atoms with Gasteiger partial charge in [0.25, 0.3) is 11.8 Å². The minimum Gasteiger partial charge on any atom is -0.378 e. The third-order valence-electron chi connectivity index (χ3n) is 7.74. The Labute approximate surface area is 237 Å². The number of fused-ring (bicyclic) bond motifs is 3. The minimum atomic E-state index is -0.124. The molecule has 202 valence electrons. The van der Waals surface area contributed by atoms with Gasteiger partial charge in [-0.15, -0.1) is 11.3 Å². The number of pyridine rings is 1. The molecule has 8 heteroatoms. The normalized spacial score (nSPS) is 16.6. The number of carbonyl (C=O) groups excluding carboxylic acids is 2. The summed E-state index contributed by atoms with van der Waals surface area (Å²) in [4.78, 5) is 37.4. The van der Waals surface area contributed by atoms with E-state index in [-0.39, 0.29) is 11.8 Å². The lowest BCUT2D eigenvalue weighted by Crippen LogP contribution is -2.36. The first kappa shape index (κ1) is 25.0. The first-order valence-electron chi connectivity index (χ1n) is 13.9. The highest BCUT2D eigenvalue weighted by atomic mass is 32.1. The van der Waals surface area contributed by atoms with Crippen LogP contribution in [0.4, 0.5) is 11.4 Å². The van der Waals surface area contributed by atoms with Crippen LogP contribution in [0.25, 0.3) is 21.7 Å². The standard InChI is InChI=1S/C32H30N4O3S/c37-31(33-23-10-11-23)29-20-22-14-15-36(28-7-2-1-4-25(28)30(22)40-29)32(38)27-6-3-5-26(34-27)21-8-12-24(13-9-21)35-16-18-39-19-17-35/h1-9,12-13,20,23H,10-11,14-19H2,(H,33,37). The summed E-state index contributed by atoms with van der Waals surface area (Å²) < 4.78 is 5.47. The van der Waals surface area contributed by atoms with Crippen LogP contribution >= 0.6 is 11.3 Å². The Bertz CT molecular complexity index is 1570. The Morgan fingerprint density at radius 2 is 1.73 bits per heavy atom. The molecule has 0 atom stereocenters. The molecule has 0 radical (unpaired) electrons. The highest BCUT2D eigenvalue weighted by Gasteiger charge is 2.29. The fourth-order valence-electron chi connectivity index (χ4n) is 5.42. The van der Waals surface area contributed by atoms with E-state index in [2.05, 4.69) is 34.5 Å². The number of aromatic nitrogens is 1. The smallest absolute Gasteiger partial charge is 0.276 e. The second-order valence-electron chi connectivity index (χ2n) is 10.5. The van der Waals surface area contributed by atoms with E-state index >= 15 is 0 Å². The molecule has 3 aliphatic rings. The minimum absolute atomic E-state index is 0.00461. The maximum atomic E-state index is 13.9. The summed E-state index contributed by atoms with van der Waals surface area (Å²) in [6, 6.07) is 24.3. The molecule has 2 aromatic heterocycles. The summed E-state index contributed by atoms with van der Waals surface area (Å²) >= 11 is 1.51. The number of anilines is 2. The number of para-hydroxylation sites is 1. The number of morpholine rings is 1. The highest BCUT2D eigenvalue weighted by molar-refractivity contribution is 7.17. The van der Waals surface area contributed by atoms with Gasteiger partial charge < -0.3 is 19.9 Å². The van der Waals surface area contributed by atoms with Gasteiger partial charge in [0.05, 0.1) is 29.5 Å². The van der Waals surface area contributed by atoms with Crippen molar-refractivity contribution in [3.8, 4) is 21.7 Å². The van der Waals surface area contributed by atoms with Crippen LogP contribution in [0.3, 0.4) is 0 Å². The van der Waals surface area contributed by atoms with Crippen LogP contribution in [0.15, 0.2) is 72.8 Å². The third-order valence-corrected chi connectivity index (χ3v) is 8.95. The summed E-state index contributed by atoms with van der Waals surface area (Å²) in [6.45, 7) is 3.79. The van der Waals surface area contributed by atoms with E-state index < -0.39 is 0 Å². The van der Waals surface area contributed by atoms with Crippen LogP contribution in [0, 0.1) is 0 Å². The van der Waals surface area contributed by atoms with E-state index in [1.165, 1.54) is 17.0 Å². The van der Waals surface area contributed by atoms with Crippen LogP contribution < -0.4 is 15.1 Å². The topological polar surface area (TPSA) is 74.8 Å². The Balaban J connectivity index is 1.15. The summed E-state index contributed by atoms with van der Waals surface area (Å²) in [6.07, 6.45) is 2.79. The van der Waals surface area contributed by atoms with Crippen molar-refractivity contribution in [3.05, 3.63) is 88.9 Å². The quantitative estimate of drug-likeness (QED) is 0.360. The van der Waals surface area contributed by atoms with Gasteiger partial charge in [-0.2, -0.15) is 0 Å². The molecule has 4 heterocycles. The molecule has 2 aromatic carbocycles. The molecule has 1 saturated carbocycles. The summed E-state index contributed by atoms with van der Waals surface area (Å²) in [7, 11) is 0. The number of carbonyl (C=O) groups is 2. The molecular weight excluding hydrogens is 520 g/mol. The number of nitrogens with one attached hydrogen (secondary N) is 1. The second kappa shape index (κ2) is 10.5. The fraction of sp³-hybridized carbons (Fsp3) is 0.281. The van der Waals surface area contributed by atoms with E-state index in [1.54, 1.807) is 6.07 Å². The molecule has 2 amide bonds. The van der Waals surface area contributed by atoms with Gasteiger partial charge >= 0.3 is 0 Å². The monoisotopic (exact) mass is 550 g/mol. The van der Waals surface area contributed by atoms with E-state index in [1.807, 2.05) is 47.4 Å². The van der Waals surface area contributed by atoms with Gasteiger partial charge in [0.2, 0.25) is 0 Å². The number of amides is 2. The highest BCUT2D eigenvalue weighted by Crippen LogP contribution is 2.42. The molecule has 0 bridgehead atoms. The second-order valence-corrected chi connectivity index (χ2v) is 11.5. The predicted molar refractivity (Wildman–Crippen MR) is 158 cm³/mol. The molecule has 1 N–H and O–H groups in total. The van der Waals surface area contributed by atoms with Crippen molar-refractivity contribution in [2.24, 2.45) is 0 Å². The Morgan fingerprint density at radius 3 is 2.52 bits per heavy atom. The van der Waals surface area contributed by atoms with Crippen molar-refractivity contribution >= 4 is 34.5 Å². The first-order chi connectivity index (χ1) is 19.6. The van der Waals surface area contributed by atoms with E-state index in [0.717, 1.165) is 77.0 Å². The summed E-state index contributed by atoms with van der Waals surface area (Å²) in [5.74, 6) is -0.119. The summed E-state index contributed by atoms with van der Waals surface area (Å²) in [5.41, 5.74) is 6.27. The molecule has 40 heavy (non-hydrogen) atoms. The lowest BCUT2D eigenvalue weighted by Gasteiger charge is -2.28. The predicted octanol–water partition coefficient (Wildman–Crippen LogP) is 5.41. The Hall–Kier alpha value is -4.01. The van der Waals surface area contributed by atoms with Crippen LogP contribution in [0.2, 0.25) is 0 Å². The molecule has 1 saturated heterocycles. The van der Waals surface area contributed by atoms with Crippen molar-refractivity contribution in [2.45, 2.75) is 25.3 Å². The van der Waals surface area contributed by atoms with Crippen molar-refractivity contribution in [2.75, 3.05) is 42.6 Å². The van der Waals surface area contributed by atoms with Gasteiger partial charge in [-0.25, -0.2) is 4.98 Å². The molecule has 4 aromatic rings. The number of hydrogen-bond acceptors (Lipinski definition) is 6. The third kappa shape index (κ3) is 4.89. The van der Waals surface area contributed by atoms with Crippen molar-refractivity contribution in [1.82, 2.24) is 10.3 Å². The van der Waals surface area contributed by atoms with Gasteiger partial charge in [0.15, 0.2) is 0 Å². The maximum absolute atomic E-state index is 13.9. The number of nitrogens with zero attached hydrogens (tertiary/aromatic N) is 3. The number of thiophene rings is 1. The number of ether oxygens (including phenoxy) is 1. The average Bonchev–Trinajstić information content (AvgIpc) is 3.75. The number of hydrogen-bond donors (Lipinski definition) is 1.